The molecule has 0 radical (unpaired) electrons. The van der Waals surface area contributed by atoms with Crippen molar-refractivity contribution in [2.24, 2.45) is 0 Å². The summed E-state index contributed by atoms with van der Waals surface area (Å²) in [6, 6.07) is 18.4. The Labute approximate surface area is 122 Å². The molecule has 2 unspecified atom stereocenters. The largest absolute Gasteiger partial charge is 0.309 e. The highest BCUT2D eigenvalue weighted by molar-refractivity contribution is 5.32. The SMILES string of the molecule is CCc1cc(CNC2CC2c2ccccc2)ccc1C. The Morgan fingerprint density at radius 2 is 1.90 bits per heavy atom. The maximum Gasteiger partial charge on any atom is 0.0208 e. The highest BCUT2D eigenvalue weighted by Crippen LogP contribution is 2.40. The Bertz CT molecular complexity index is 574. The molecule has 1 nitrogen and oxygen atoms in total. The molecule has 2 atom stereocenters. The number of hydrogen-bond acceptors (Lipinski definition) is 1. The van der Waals surface area contributed by atoms with E-state index in [1.165, 1.54) is 28.7 Å². The van der Waals surface area contributed by atoms with Gasteiger partial charge in [-0.25, -0.2) is 0 Å². The van der Waals surface area contributed by atoms with Gasteiger partial charge < -0.3 is 5.32 Å². The summed E-state index contributed by atoms with van der Waals surface area (Å²) >= 11 is 0. The number of benzene rings is 2. The fourth-order valence-electron chi connectivity index (χ4n) is 2.95. The Balaban J connectivity index is 1.56. The van der Waals surface area contributed by atoms with E-state index in [2.05, 4.69) is 67.7 Å². The van der Waals surface area contributed by atoms with Gasteiger partial charge in [0.1, 0.15) is 0 Å². The van der Waals surface area contributed by atoms with Gasteiger partial charge in [-0.2, -0.15) is 0 Å². The van der Waals surface area contributed by atoms with Crippen LogP contribution in [-0.2, 0) is 13.0 Å². The van der Waals surface area contributed by atoms with E-state index in [0.717, 1.165) is 13.0 Å². The zero-order chi connectivity index (χ0) is 13.9. The molecule has 104 valence electrons. The predicted molar refractivity (Wildman–Crippen MR) is 85.0 cm³/mol. The van der Waals surface area contributed by atoms with Crippen molar-refractivity contribution in [1.82, 2.24) is 5.32 Å². The summed E-state index contributed by atoms with van der Waals surface area (Å²) in [5, 5.41) is 3.69. The van der Waals surface area contributed by atoms with Gasteiger partial charge in [-0.15, -0.1) is 0 Å². The summed E-state index contributed by atoms with van der Waals surface area (Å²) in [6.45, 7) is 5.41. The van der Waals surface area contributed by atoms with E-state index in [-0.39, 0.29) is 0 Å². The molecule has 1 aliphatic rings. The van der Waals surface area contributed by atoms with Crippen LogP contribution in [0, 0.1) is 6.92 Å². The van der Waals surface area contributed by atoms with Gasteiger partial charge in [0, 0.05) is 18.5 Å². The topological polar surface area (TPSA) is 12.0 Å². The molecule has 2 aromatic rings. The summed E-state index contributed by atoms with van der Waals surface area (Å²) in [5.41, 5.74) is 5.76. The van der Waals surface area contributed by atoms with Crippen molar-refractivity contribution in [3.05, 3.63) is 70.8 Å². The molecule has 20 heavy (non-hydrogen) atoms. The molecule has 0 aliphatic heterocycles. The molecule has 1 N–H and O–H groups in total. The summed E-state index contributed by atoms with van der Waals surface area (Å²) in [6.07, 6.45) is 2.40. The normalized spacial score (nSPS) is 20.9. The smallest absolute Gasteiger partial charge is 0.0208 e. The molecular weight excluding hydrogens is 242 g/mol. The summed E-state index contributed by atoms with van der Waals surface area (Å²) in [5.74, 6) is 0.715. The summed E-state index contributed by atoms with van der Waals surface area (Å²) in [7, 11) is 0. The van der Waals surface area contributed by atoms with Crippen LogP contribution in [0.4, 0.5) is 0 Å². The Morgan fingerprint density at radius 1 is 1.10 bits per heavy atom. The third-order valence-electron chi connectivity index (χ3n) is 4.38. The highest BCUT2D eigenvalue weighted by Gasteiger charge is 2.37. The van der Waals surface area contributed by atoms with Gasteiger partial charge in [0.2, 0.25) is 0 Å². The average Bonchev–Trinajstić information content (AvgIpc) is 3.27. The lowest BCUT2D eigenvalue weighted by Crippen LogP contribution is -2.17. The monoisotopic (exact) mass is 265 g/mol. The van der Waals surface area contributed by atoms with Crippen molar-refractivity contribution < 1.29 is 0 Å². The number of nitrogens with one attached hydrogen (secondary N) is 1. The van der Waals surface area contributed by atoms with Gasteiger partial charge in [-0.1, -0.05) is 55.5 Å². The molecule has 1 saturated carbocycles. The fourth-order valence-corrected chi connectivity index (χ4v) is 2.95. The maximum absolute atomic E-state index is 3.69. The molecule has 0 heterocycles. The van der Waals surface area contributed by atoms with Crippen LogP contribution in [0.5, 0.6) is 0 Å². The Morgan fingerprint density at radius 3 is 2.65 bits per heavy atom. The molecule has 1 heteroatoms. The van der Waals surface area contributed by atoms with Crippen LogP contribution in [0.15, 0.2) is 48.5 Å². The molecule has 0 saturated heterocycles. The van der Waals surface area contributed by atoms with Gasteiger partial charge in [-0.3, -0.25) is 0 Å². The van der Waals surface area contributed by atoms with Crippen LogP contribution in [0.25, 0.3) is 0 Å². The second-order valence-electron chi connectivity index (χ2n) is 5.85. The maximum atomic E-state index is 3.69. The summed E-state index contributed by atoms with van der Waals surface area (Å²) < 4.78 is 0. The average molecular weight is 265 g/mol. The van der Waals surface area contributed by atoms with Gasteiger partial charge in [0.05, 0.1) is 0 Å². The van der Waals surface area contributed by atoms with E-state index in [4.69, 9.17) is 0 Å². The van der Waals surface area contributed by atoms with Crippen molar-refractivity contribution in [2.45, 2.75) is 45.2 Å². The van der Waals surface area contributed by atoms with Gasteiger partial charge >= 0.3 is 0 Å². The minimum absolute atomic E-state index is 0.656. The van der Waals surface area contributed by atoms with Crippen molar-refractivity contribution in [1.29, 1.82) is 0 Å². The molecular formula is C19H23N. The zero-order valence-corrected chi connectivity index (χ0v) is 12.4. The number of hydrogen-bond donors (Lipinski definition) is 1. The Hall–Kier alpha value is -1.60. The fraction of sp³-hybridized carbons (Fsp3) is 0.368. The second-order valence-corrected chi connectivity index (χ2v) is 5.85. The molecule has 1 aliphatic carbocycles. The first kappa shape index (κ1) is 13.4. The predicted octanol–water partition coefficient (Wildman–Crippen LogP) is 4.20. The first-order valence-corrected chi connectivity index (χ1v) is 7.64. The Kier molecular flexibility index (Phi) is 3.88. The quantitative estimate of drug-likeness (QED) is 0.854. The van der Waals surface area contributed by atoms with E-state index in [9.17, 15) is 0 Å². The molecule has 0 amide bonds. The van der Waals surface area contributed by atoms with Crippen LogP contribution in [0.1, 0.15) is 41.5 Å². The van der Waals surface area contributed by atoms with Crippen LogP contribution in [0.2, 0.25) is 0 Å². The number of rotatable bonds is 5. The first-order valence-electron chi connectivity index (χ1n) is 7.64. The van der Waals surface area contributed by atoms with Gasteiger partial charge in [0.25, 0.3) is 0 Å². The van der Waals surface area contributed by atoms with Crippen molar-refractivity contribution in [3.63, 3.8) is 0 Å². The standard InChI is InChI=1S/C19H23N/c1-3-16-11-15(10-9-14(16)2)13-20-19-12-18(19)17-7-5-4-6-8-17/h4-11,18-20H,3,12-13H2,1-2H3. The van der Waals surface area contributed by atoms with Crippen LogP contribution >= 0.6 is 0 Å². The van der Waals surface area contributed by atoms with Crippen LogP contribution in [0.3, 0.4) is 0 Å². The molecule has 0 bridgehead atoms. The molecule has 0 spiro atoms. The molecule has 0 aromatic heterocycles. The van der Waals surface area contributed by atoms with Crippen molar-refractivity contribution in [3.8, 4) is 0 Å². The molecule has 1 fully saturated rings. The summed E-state index contributed by atoms with van der Waals surface area (Å²) in [4.78, 5) is 0. The lowest BCUT2D eigenvalue weighted by Gasteiger charge is -2.08. The first-order chi connectivity index (χ1) is 9.78. The third-order valence-corrected chi connectivity index (χ3v) is 4.38. The highest BCUT2D eigenvalue weighted by atomic mass is 15.0. The van der Waals surface area contributed by atoms with E-state index in [0.29, 0.717) is 12.0 Å². The lowest BCUT2D eigenvalue weighted by atomic mass is 10.0. The minimum Gasteiger partial charge on any atom is -0.309 e. The number of aryl methyl sites for hydroxylation is 2. The minimum atomic E-state index is 0.656. The van der Waals surface area contributed by atoms with Crippen LogP contribution < -0.4 is 5.32 Å². The third kappa shape index (κ3) is 2.94. The second kappa shape index (κ2) is 5.80. The van der Waals surface area contributed by atoms with E-state index in [1.807, 2.05) is 0 Å². The van der Waals surface area contributed by atoms with E-state index < -0.39 is 0 Å². The lowest BCUT2D eigenvalue weighted by molar-refractivity contribution is 0.672. The van der Waals surface area contributed by atoms with Crippen molar-refractivity contribution in [2.75, 3.05) is 0 Å². The van der Waals surface area contributed by atoms with Crippen LogP contribution in [-0.4, -0.2) is 6.04 Å². The van der Waals surface area contributed by atoms with E-state index in [1.54, 1.807) is 0 Å². The molecule has 3 rings (SSSR count). The van der Waals surface area contributed by atoms with Gasteiger partial charge in [-0.05, 0) is 42.0 Å². The van der Waals surface area contributed by atoms with Crippen molar-refractivity contribution >= 4 is 0 Å². The molecule has 2 aromatic carbocycles. The van der Waals surface area contributed by atoms with Gasteiger partial charge in [0.15, 0.2) is 0 Å². The zero-order valence-electron chi connectivity index (χ0n) is 12.4. The van der Waals surface area contributed by atoms with E-state index >= 15 is 0 Å².